The lowest BCUT2D eigenvalue weighted by molar-refractivity contribution is -0.137. The van der Waals surface area contributed by atoms with Crippen molar-refractivity contribution >= 4 is 22.6 Å². The molecule has 2 heterocycles. The van der Waals surface area contributed by atoms with Gasteiger partial charge in [0.05, 0.1) is 17.5 Å². The number of amides is 1. The summed E-state index contributed by atoms with van der Waals surface area (Å²) in [6.45, 7) is 2.72. The van der Waals surface area contributed by atoms with E-state index in [2.05, 4.69) is 20.8 Å². The number of hydrogen-bond acceptors (Lipinski definition) is 4. The van der Waals surface area contributed by atoms with Crippen molar-refractivity contribution in [1.82, 2.24) is 20.1 Å². The molecule has 0 spiro atoms. The molecule has 6 nitrogen and oxygen atoms in total. The molecule has 2 N–H and O–H groups in total. The van der Waals surface area contributed by atoms with Crippen molar-refractivity contribution in [2.45, 2.75) is 26.1 Å². The number of para-hydroxylation sites is 1. The van der Waals surface area contributed by atoms with Crippen molar-refractivity contribution in [3.63, 3.8) is 0 Å². The van der Waals surface area contributed by atoms with Crippen molar-refractivity contribution in [1.29, 1.82) is 0 Å². The Morgan fingerprint density at radius 1 is 1.03 bits per heavy atom. The molecule has 0 aliphatic heterocycles. The highest BCUT2D eigenvalue weighted by atomic mass is 19.4. The Balaban J connectivity index is 1.51. The van der Waals surface area contributed by atoms with Crippen LogP contribution in [0.5, 0.6) is 0 Å². The van der Waals surface area contributed by atoms with Gasteiger partial charge in [-0.1, -0.05) is 30.3 Å². The maximum absolute atomic E-state index is 12.9. The maximum atomic E-state index is 12.9. The van der Waals surface area contributed by atoms with E-state index in [0.29, 0.717) is 17.2 Å². The van der Waals surface area contributed by atoms with Gasteiger partial charge < -0.3 is 10.6 Å². The van der Waals surface area contributed by atoms with Gasteiger partial charge in [-0.3, -0.25) is 9.36 Å². The van der Waals surface area contributed by atoms with E-state index in [0.717, 1.165) is 35.1 Å². The van der Waals surface area contributed by atoms with Gasteiger partial charge in [0.25, 0.3) is 0 Å². The van der Waals surface area contributed by atoms with Gasteiger partial charge in [-0.2, -0.15) is 13.2 Å². The second-order valence-electron chi connectivity index (χ2n) is 7.50. The molecule has 0 aliphatic carbocycles. The summed E-state index contributed by atoms with van der Waals surface area (Å²) < 4.78 is 40.6. The highest BCUT2D eigenvalue weighted by Crippen LogP contribution is 2.29. The summed E-state index contributed by atoms with van der Waals surface area (Å²) in [6, 6.07) is 16.2. The molecule has 4 aromatic rings. The fourth-order valence-electron chi connectivity index (χ4n) is 3.60. The van der Waals surface area contributed by atoms with Crippen LogP contribution < -0.4 is 10.6 Å². The number of anilines is 1. The monoisotopic (exact) mass is 453 g/mol. The second kappa shape index (κ2) is 9.32. The van der Waals surface area contributed by atoms with Crippen molar-refractivity contribution in [2.24, 2.45) is 0 Å². The molecule has 0 radical (unpaired) electrons. The van der Waals surface area contributed by atoms with Crippen LogP contribution in [0.4, 0.5) is 19.0 Å². The van der Waals surface area contributed by atoms with Gasteiger partial charge >= 0.3 is 6.18 Å². The van der Waals surface area contributed by atoms with Crippen LogP contribution in [-0.4, -0.2) is 27.2 Å². The average molecular weight is 453 g/mol. The maximum Gasteiger partial charge on any atom is 0.416 e. The summed E-state index contributed by atoms with van der Waals surface area (Å²) in [6.07, 6.45) is -2.50. The largest absolute Gasteiger partial charge is 0.416 e. The van der Waals surface area contributed by atoms with E-state index < -0.39 is 11.7 Å². The van der Waals surface area contributed by atoms with Gasteiger partial charge in [0.1, 0.15) is 5.82 Å². The van der Waals surface area contributed by atoms with Crippen LogP contribution in [0, 0.1) is 0 Å². The second-order valence-corrected chi connectivity index (χ2v) is 7.50. The predicted molar refractivity (Wildman–Crippen MR) is 120 cm³/mol. The van der Waals surface area contributed by atoms with Crippen LogP contribution >= 0.6 is 0 Å². The SMILES string of the molecule is CCNc1ccc(-n2cc(CC(=O)NCc3cccc(C(F)(F)F)c3)c3ccccc32)nn1. The highest BCUT2D eigenvalue weighted by molar-refractivity contribution is 5.90. The minimum atomic E-state index is -4.42. The molecule has 0 unspecified atom stereocenters. The number of fused-ring (bicyclic) bond motifs is 1. The summed E-state index contributed by atoms with van der Waals surface area (Å²) in [5.74, 6) is 0.999. The molecule has 0 saturated carbocycles. The smallest absolute Gasteiger partial charge is 0.369 e. The molecule has 0 atom stereocenters. The summed E-state index contributed by atoms with van der Waals surface area (Å²) in [5, 5.41) is 15.1. The Kier molecular flexibility index (Phi) is 6.30. The Labute approximate surface area is 188 Å². The molecule has 0 bridgehead atoms. The van der Waals surface area contributed by atoms with Crippen LogP contribution in [0.3, 0.4) is 0 Å². The van der Waals surface area contributed by atoms with E-state index in [1.165, 1.54) is 6.07 Å². The molecule has 0 saturated heterocycles. The van der Waals surface area contributed by atoms with E-state index in [1.807, 2.05) is 54.1 Å². The van der Waals surface area contributed by atoms with E-state index in [-0.39, 0.29) is 18.9 Å². The van der Waals surface area contributed by atoms with Crippen LogP contribution in [-0.2, 0) is 23.9 Å². The van der Waals surface area contributed by atoms with Gasteiger partial charge in [0, 0.05) is 24.7 Å². The van der Waals surface area contributed by atoms with E-state index >= 15 is 0 Å². The summed E-state index contributed by atoms with van der Waals surface area (Å²) in [4.78, 5) is 12.6. The predicted octanol–water partition coefficient (Wildman–Crippen LogP) is 4.73. The van der Waals surface area contributed by atoms with Gasteiger partial charge in [-0.25, -0.2) is 0 Å². The fourth-order valence-corrected chi connectivity index (χ4v) is 3.60. The third-order valence-electron chi connectivity index (χ3n) is 5.14. The minimum Gasteiger partial charge on any atom is -0.369 e. The number of benzene rings is 2. The van der Waals surface area contributed by atoms with Crippen LogP contribution in [0.25, 0.3) is 16.7 Å². The first-order valence-electron chi connectivity index (χ1n) is 10.4. The van der Waals surface area contributed by atoms with E-state index in [1.54, 1.807) is 6.07 Å². The molecule has 0 aliphatic rings. The standard InChI is InChI=1S/C24H22F3N5O/c1-2-28-21-10-11-22(31-30-21)32-15-17(19-8-3-4-9-20(19)32)13-23(33)29-14-16-6-5-7-18(12-16)24(25,26)27/h3-12,15H,2,13-14H2,1H3,(H,28,30)(H,29,33). The number of alkyl halides is 3. The number of rotatable bonds is 7. The molecule has 170 valence electrons. The Hall–Kier alpha value is -3.88. The summed E-state index contributed by atoms with van der Waals surface area (Å²) in [7, 11) is 0. The molecule has 9 heteroatoms. The number of carbonyl (C=O) groups excluding carboxylic acids is 1. The molecule has 1 amide bonds. The van der Waals surface area contributed by atoms with Gasteiger partial charge in [-0.05, 0) is 48.4 Å². The topological polar surface area (TPSA) is 71.8 Å². The first kappa shape index (κ1) is 22.3. The fraction of sp³-hybridized carbons (Fsp3) is 0.208. The number of aromatic nitrogens is 3. The van der Waals surface area contributed by atoms with Crippen molar-refractivity contribution in [3.8, 4) is 5.82 Å². The molecular formula is C24H22F3N5O. The van der Waals surface area contributed by atoms with Crippen molar-refractivity contribution in [2.75, 3.05) is 11.9 Å². The minimum absolute atomic E-state index is 0.0127. The zero-order valence-electron chi connectivity index (χ0n) is 17.9. The quantitative estimate of drug-likeness (QED) is 0.424. The number of nitrogens with one attached hydrogen (secondary N) is 2. The number of carbonyl (C=O) groups is 1. The van der Waals surface area contributed by atoms with Crippen molar-refractivity contribution < 1.29 is 18.0 Å². The van der Waals surface area contributed by atoms with Crippen LogP contribution in [0.1, 0.15) is 23.6 Å². The molecule has 4 rings (SSSR count). The zero-order chi connectivity index (χ0) is 23.4. The highest BCUT2D eigenvalue weighted by Gasteiger charge is 2.30. The first-order chi connectivity index (χ1) is 15.8. The molecule has 2 aromatic carbocycles. The number of hydrogen-bond donors (Lipinski definition) is 2. The third-order valence-corrected chi connectivity index (χ3v) is 5.14. The van der Waals surface area contributed by atoms with E-state index in [9.17, 15) is 18.0 Å². The number of nitrogens with zero attached hydrogens (tertiary/aromatic N) is 3. The zero-order valence-corrected chi connectivity index (χ0v) is 17.9. The lowest BCUT2D eigenvalue weighted by Gasteiger charge is -2.09. The lowest BCUT2D eigenvalue weighted by Crippen LogP contribution is -2.24. The number of halogens is 3. The van der Waals surface area contributed by atoms with E-state index in [4.69, 9.17) is 0 Å². The Bertz CT molecular complexity index is 1270. The third kappa shape index (κ3) is 5.14. The van der Waals surface area contributed by atoms with Crippen LogP contribution in [0.2, 0.25) is 0 Å². The van der Waals surface area contributed by atoms with Gasteiger partial charge in [0.15, 0.2) is 5.82 Å². The average Bonchev–Trinajstić information content (AvgIpc) is 3.16. The normalized spacial score (nSPS) is 11.5. The summed E-state index contributed by atoms with van der Waals surface area (Å²) >= 11 is 0. The van der Waals surface area contributed by atoms with Crippen molar-refractivity contribution in [3.05, 3.63) is 83.6 Å². The Morgan fingerprint density at radius 3 is 2.58 bits per heavy atom. The lowest BCUT2D eigenvalue weighted by atomic mass is 10.1. The van der Waals surface area contributed by atoms with Crippen LogP contribution in [0.15, 0.2) is 66.9 Å². The van der Waals surface area contributed by atoms with Gasteiger partial charge in [0.2, 0.25) is 5.91 Å². The summed E-state index contributed by atoms with van der Waals surface area (Å²) in [5.41, 5.74) is 1.31. The molecule has 2 aromatic heterocycles. The molecule has 33 heavy (non-hydrogen) atoms. The molecular weight excluding hydrogens is 431 g/mol. The van der Waals surface area contributed by atoms with Gasteiger partial charge in [-0.15, -0.1) is 10.2 Å². The molecule has 0 fully saturated rings. The first-order valence-corrected chi connectivity index (χ1v) is 10.4. The Morgan fingerprint density at radius 2 is 1.85 bits per heavy atom.